The first-order valence-electron chi connectivity index (χ1n) is 10.5. The summed E-state index contributed by atoms with van der Waals surface area (Å²) in [4.78, 5) is 0. The molecule has 28 heavy (non-hydrogen) atoms. The number of rotatable bonds is 0. The summed E-state index contributed by atoms with van der Waals surface area (Å²) in [6, 6.07) is 18.4. The molecule has 1 heterocycles. The van der Waals surface area contributed by atoms with Crippen LogP contribution < -0.4 is 0 Å². The Morgan fingerprint density at radius 3 is 2.46 bits per heavy atom. The van der Waals surface area contributed by atoms with Gasteiger partial charge in [-0.25, -0.2) is 0 Å². The summed E-state index contributed by atoms with van der Waals surface area (Å²) in [5.74, 6) is 5.39. The van der Waals surface area contributed by atoms with E-state index in [1.165, 1.54) is 39.8 Å². The quantitative estimate of drug-likeness (QED) is 0.505. The highest BCUT2D eigenvalue weighted by molar-refractivity contribution is 6.68. The van der Waals surface area contributed by atoms with Crippen LogP contribution in [0.4, 0.5) is 0 Å². The van der Waals surface area contributed by atoms with Gasteiger partial charge in [0.05, 0.1) is 5.41 Å². The molecule has 0 bridgehead atoms. The van der Waals surface area contributed by atoms with Crippen molar-refractivity contribution in [2.24, 2.45) is 11.3 Å². The van der Waals surface area contributed by atoms with Crippen LogP contribution in [0.3, 0.4) is 0 Å². The van der Waals surface area contributed by atoms with E-state index in [2.05, 4.69) is 97.7 Å². The molecule has 2 aromatic rings. The highest BCUT2D eigenvalue weighted by Crippen LogP contribution is 2.81. The van der Waals surface area contributed by atoms with Crippen LogP contribution in [-0.2, 0) is 5.41 Å². The molecule has 7 rings (SSSR count). The fourth-order valence-electron chi connectivity index (χ4n) is 6.78. The molecule has 0 nitrogen and oxygen atoms in total. The maximum absolute atomic E-state index is 2.46. The molecule has 132 valence electrons. The van der Waals surface area contributed by atoms with Gasteiger partial charge in [0.15, 0.2) is 6.71 Å². The smallest absolute Gasteiger partial charge is 0.110 e. The van der Waals surface area contributed by atoms with Crippen LogP contribution >= 0.6 is 0 Å². The predicted octanol–water partition coefficient (Wildman–Crippen LogP) is 6.04. The molecule has 1 fully saturated rings. The molecule has 1 heteroatoms. The monoisotopic (exact) mass is 356 g/mol. The summed E-state index contributed by atoms with van der Waals surface area (Å²) < 4.78 is 0. The second-order valence-corrected chi connectivity index (χ2v) is 8.99. The Balaban J connectivity index is 1.68. The van der Waals surface area contributed by atoms with Crippen LogP contribution in [0.25, 0.3) is 11.1 Å². The van der Waals surface area contributed by atoms with Gasteiger partial charge in [0.2, 0.25) is 0 Å². The van der Waals surface area contributed by atoms with Crippen molar-refractivity contribution in [2.75, 3.05) is 0 Å². The van der Waals surface area contributed by atoms with Gasteiger partial charge in [-0.05, 0) is 51.3 Å². The van der Waals surface area contributed by atoms with Crippen molar-refractivity contribution in [2.45, 2.75) is 18.7 Å². The van der Waals surface area contributed by atoms with Gasteiger partial charge in [-0.15, -0.1) is 12.0 Å². The Labute approximate surface area is 166 Å². The SMILES string of the molecule is CB1C=CC2=C(C=C1)C1(c3ccccc3C3=CC=CC4CC341)c1ccccc12. The Bertz CT molecular complexity index is 1220. The second kappa shape index (κ2) is 4.78. The molecule has 1 aliphatic heterocycles. The van der Waals surface area contributed by atoms with Crippen molar-refractivity contribution in [1.82, 2.24) is 0 Å². The van der Waals surface area contributed by atoms with Gasteiger partial charge in [0.25, 0.3) is 0 Å². The van der Waals surface area contributed by atoms with Crippen LogP contribution in [0.5, 0.6) is 0 Å². The fourth-order valence-corrected chi connectivity index (χ4v) is 6.78. The summed E-state index contributed by atoms with van der Waals surface area (Å²) in [6.45, 7) is 2.75. The van der Waals surface area contributed by atoms with E-state index in [9.17, 15) is 0 Å². The predicted molar refractivity (Wildman–Crippen MR) is 118 cm³/mol. The number of fused-ring (bicyclic) bond motifs is 7. The summed E-state index contributed by atoms with van der Waals surface area (Å²) in [6.07, 6.45) is 13.3. The number of benzene rings is 2. The maximum atomic E-state index is 2.46. The lowest BCUT2D eigenvalue weighted by Crippen LogP contribution is -2.36. The summed E-state index contributed by atoms with van der Waals surface area (Å²) in [5, 5.41) is 0. The second-order valence-electron chi connectivity index (χ2n) is 8.99. The third kappa shape index (κ3) is 1.44. The lowest BCUT2D eigenvalue weighted by Gasteiger charge is -2.38. The van der Waals surface area contributed by atoms with Crippen LogP contribution in [0.2, 0.25) is 6.82 Å². The third-order valence-electron chi connectivity index (χ3n) is 7.84. The van der Waals surface area contributed by atoms with E-state index in [1.807, 2.05) is 0 Å². The topological polar surface area (TPSA) is 0 Å². The highest BCUT2D eigenvalue weighted by Gasteiger charge is 2.75. The Morgan fingerprint density at radius 1 is 0.893 bits per heavy atom. The largest absolute Gasteiger partial charge is 0.188 e. The highest BCUT2D eigenvalue weighted by atomic mass is 14.8. The van der Waals surface area contributed by atoms with Crippen molar-refractivity contribution in [1.29, 1.82) is 0 Å². The lowest BCUT2D eigenvalue weighted by atomic mass is 9.52. The normalized spacial score (nSPS) is 32.5. The number of hydrogen-bond donors (Lipinski definition) is 0. The molecule has 3 atom stereocenters. The van der Waals surface area contributed by atoms with E-state index in [-0.39, 0.29) is 10.8 Å². The first kappa shape index (κ1) is 15.2. The summed E-state index contributed by atoms with van der Waals surface area (Å²) >= 11 is 0. The van der Waals surface area contributed by atoms with E-state index >= 15 is 0 Å². The van der Waals surface area contributed by atoms with Crippen LogP contribution in [0.1, 0.15) is 28.7 Å². The van der Waals surface area contributed by atoms with Crippen molar-refractivity contribution < 1.29 is 0 Å². The maximum Gasteiger partial charge on any atom is 0.188 e. The molecule has 1 saturated carbocycles. The molecule has 0 aromatic heterocycles. The van der Waals surface area contributed by atoms with Gasteiger partial charge in [0.1, 0.15) is 0 Å². The standard InChI is InChI=1S/C27H21B/c1-28-15-13-20-19-8-2-4-10-23(19)27(25(20)14-16-28)24-11-5-3-9-21(24)22-12-6-7-18-17-26(18,22)27/h2-16,18H,17H2,1H3. The van der Waals surface area contributed by atoms with Gasteiger partial charge in [-0.3, -0.25) is 0 Å². The zero-order valence-electron chi connectivity index (χ0n) is 16.0. The Kier molecular flexibility index (Phi) is 2.59. The molecule has 0 radical (unpaired) electrons. The molecule has 0 N–H and O–H groups in total. The van der Waals surface area contributed by atoms with Crippen molar-refractivity contribution >= 4 is 17.9 Å². The lowest BCUT2D eigenvalue weighted by molar-refractivity contribution is 0.449. The van der Waals surface area contributed by atoms with Crippen LogP contribution in [0, 0.1) is 11.3 Å². The molecule has 0 amide bonds. The average molecular weight is 356 g/mol. The number of hydrogen-bond acceptors (Lipinski definition) is 0. The molecule has 2 spiro atoms. The van der Waals surface area contributed by atoms with Crippen molar-refractivity contribution in [3.63, 3.8) is 0 Å². The third-order valence-corrected chi connectivity index (χ3v) is 7.84. The molecule has 5 aliphatic rings. The first-order chi connectivity index (χ1) is 13.8. The zero-order chi connectivity index (χ0) is 18.5. The minimum Gasteiger partial charge on any atom is -0.110 e. The molecular formula is C27H21B. The van der Waals surface area contributed by atoms with E-state index in [0.29, 0.717) is 12.6 Å². The van der Waals surface area contributed by atoms with E-state index in [4.69, 9.17) is 0 Å². The molecule has 4 aliphatic carbocycles. The van der Waals surface area contributed by atoms with Crippen LogP contribution in [0.15, 0.2) is 96.4 Å². The zero-order valence-corrected chi connectivity index (χ0v) is 16.0. The molecule has 3 unspecified atom stereocenters. The molecular weight excluding hydrogens is 335 g/mol. The van der Waals surface area contributed by atoms with Crippen molar-refractivity contribution in [3.8, 4) is 0 Å². The minimum absolute atomic E-state index is 0.0539. The van der Waals surface area contributed by atoms with E-state index in [1.54, 1.807) is 5.57 Å². The fraction of sp³-hybridized carbons (Fsp3) is 0.185. The van der Waals surface area contributed by atoms with Crippen molar-refractivity contribution in [3.05, 3.63) is 119 Å². The average Bonchev–Trinajstić information content (AvgIpc) is 3.40. The summed E-state index contributed by atoms with van der Waals surface area (Å²) in [7, 11) is 0. The Hall–Kier alpha value is -2.80. The van der Waals surface area contributed by atoms with Crippen LogP contribution in [-0.4, -0.2) is 6.71 Å². The first-order valence-corrected chi connectivity index (χ1v) is 10.5. The van der Waals surface area contributed by atoms with Gasteiger partial charge in [0, 0.05) is 5.41 Å². The Morgan fingerprint density at radius 2 is 1.61 bits per heavy atom. The van der Waals surface area contributed by atoms with Gasteiger partial charge >= 0.3 is 0 Å². The van der Waals surface area contributed by atoms with E-state index in [0.717, 1.165) is 0 Å². The minimum atomic E-state index is -0.0539. The molecule has 0 saturated heterocycles. The molecule has 2 aromatic carbocycles. The van der Waals surface area contributed by atoms with Gasteiger partial charge in [-0.2, -0.15) is 0 Å². The van der Waals surface area contributed by atoms with E-state index < -0.39 is 0 Å². The van der Waals surface area contributed by atoms with Gasteiger partial charge < -0.3 is 0 Å². The summed E-state index contributed by atoms with van der Waals surface area (Å²) in [5.41, 5.74) is 10.6. The van der Waals surface area contributed by atoms with Gasteiger partial charge in [-0.1, -0.05) is 85.7 Å². The number of allylic oxidation sites excluding steroid dienone is 8.